The first kappa shape index (κ1) is 36.2. The first-order valence-corrected chi connectivity index (χ1v) is 17.8. The number of piperazine rings is 1. The molecule has 2 saturated heterocycles. The van der Waals surface area contributed by atoms with E-state index in [1.165, 1.54) is 18.4 Å². The maximum atomic E-state index is 14.4. The fourth-order valence-electron chi connectivity index (χ4n) is 6.42. The largest absolute Gasteiger partial charge is 0.482 e. The number of carbonyl (C=O) groups excluding carboxylic acids is 4. The summed E-state index contributed by atoms with van der Waals surface area (Å²) in [5.74, 6) is -0.553. The summed E-state index contributed by atoms with van der Waals surface area (Å²) in [7, 11) is 1.28. The molecule has 16 heteroatoms. The van der Waals surface area contributed by atoms with Crippen molar-refractivity contribution in [3.8, 4) is 5.75 Å². The number of urea groups is 1. The van der Waals surface area contributed by atoms with Crippen LogP contribution in [0.5, 0.6) is 5.75 Å². The number of esters is 1. The molecule has 2 fully saturated rings. The number of nitrogen functional groups attached to an aromatic ring is 1. The van der Waals surface area contributed by atoms with Gasteiger partial charge < -0.3 is 30.3 Å². The van der Waals surface area contributed by atoms with Crippen LogP contribution >= 0.6 is 34.5 Å². The van der Waals surface area contributed by atoms with E-state index in [-0.39, 0.29) is 57.1 Å². The van der Waals surface area contributed by atoms with E-state index in [0.717, 1.165) is 26.9 Å². The molecule has 0 radical (unpaired) electrons. The standard InChI is InChI=1S/C35H37Cl2N7O6S/c1-20(2)44(35(48)39-15-22-9-12-25(36)26(37)13-22)42-18-30(45)43-27(14-21-7-10-24(11-8-21)50-19-31(46)49-3)33(47)41(17-29(42)43)16-23-5-4-6-28-32(23)40-34(38)51-28/h4-13,20,27,29H,14-19H2,1-3H3,(H2,38,40)(H,39,48)/t27-,29+/m0/s1. The number of halogens is 2. The van der Waals surface area contributed by atoms with Crippen molar-refractivity contribution in [2.45, 2.75) is 51.6 Å². The van der Waals surface area contributed by atoms with E-state index in [0.29, 0.717) is 20.9 Å². The highest BCUT2D eigenvalue weighted by atomic mass is 35.5. The van der Waals surface area contributed by atoms with E-state index < -0.39 is 24.2 Å². The lowest BCUT2D eigenvalue weighted by Crippen LogP contribution is -2.66. The van der Waals surface area contributed by atoms with E-state index >= 15 is 0 Å². The van der Waals surface area contributed by atoms with Gasteiger partial charge in [0.25, 0.3) is 0 Å². The van der Waals surface area contributed by atoms with Crippen molar-refractivity contribution < 1.29 is 28.7 Å². The van der Waals surface area contributed by atoms with Gasteiger partial charge in [-0.15, -0.1) is 0 Å². The Labute approximate surface area is 308 Å². The molecule has 4 aromatic rings. The Morgan fingerprint density at radius 3 is 2.53 bits per heavy atom. The molecule has 0 aliphatic carbocycles. The number of amides is 4. The summed E-state index contributed by atoms with van der Waals surface area (Å²) >= 11 is 13.6. The first-order valence-electron chi connectivity index (χ1n) is 16.2. The molecule has 3 aromatic carbocycles. The van der Waals surface area contributed by atoms with Crippen LogP contribution in [0.2, 0.25) is 10.0 Å². The minimum Gasteiger partial charge on any atom is -0.482 e. The third-order valence-corrected chi connectivity index (χ3v) is 10.4. The molecule has 3 heterocycles. The van der Waals surface area contributed by atoms with Crippen LogP contribution < -0.4 is 15.8 Å². The summed E-state index contributed by atoms with van der Waals surface area (Å²) in [4.78, 5) is 61.5. The van der Waals surface area contributed by atoms with E-state index in [9.17, 15) is 19.2 Å². The van der Waals surface area contributed by atoms with Gasteiger partial charge in [-0.3, -0.25) is 14.6 Å². The molecule has 1 aromatic heterocycles. The number of hydrazine groups is 1. The van der Waals surface area contributed by atoms with E-state index in [1.54, 1.807) is 62.3 Å². The molecule has 2 aliphatic rings. The van der Waals surface area contributed by atoms with Gasteiger partial charge in [0.15, 0.2) is 11.7 Å². The molecule has 0 bridgehead atoms. The summed E-state index contributed by atoms with van der Waals surface area (Å²) in [5.41, 5.74) is 9.12. The van der Waals surface area contributed by atoms with Crippen molar-refractivity contribution in [3.63, 3.8) is 0 Å². The SMILES string of the molecule is COC(=O)COc1ccc(C[C@H]2C(=O)N(Cc3cccc4sc(N)nc34)C[C@H]3N2C(=O)CN3N(C(=O)NCc2ccc(Cl)c(Cl)c2)C(C)C)cc1. The summed E-state index contributed by atoms with van der Waals surface area (Å²) in [6.07, 6.45) is -0.428. The average molecular weight is 755 g/mol. The van der Waals surface area contributed by atoms with Crippen molar-refractivity contribution in [2.24, 2.45) is 0 Å². The van der Waals surface area contributed by atoms with Crippen LogP contribution in [0.1, 0.15) is 30.5 Å². The smallest absolute Gasteiger partial charge is 0.343 e. The van der Waals surface area contributed by atoms with E-state index in [4.69, 9.17) is 33.7 Å². The topological polar surface area (TPSA) is 151 Å². The van der Waals surface area contributed by atoms with Crippen LogP contribution in [-0.2, 0) is 38.6 Å². The fraction of sp³-hybridized carbons (Fsp3) is 0.343. The van der Waals surface area contributed by atoms with Crippen molar-refractivity contribution in [2.75, 3.05) is 32.5 Å². The van der Waals surface area contributed by atoms with Gasteiger partial charge >= 0.3 is 12.0 Å². The molecular formula is C35H37Cl2N7O6S. The number of rotatable bonds is 11. The van der Waals surface area contributed by atoms with Gasteiger partial charge in [0, 0.05) is 25.6 Å². The number of methoxy groups -OCH3 is 1. The third kappa shape index (κ3) is 7.83. The zero-order chi connectivity index (χ0) is 36.4. The molecule has 2 aliphatic heterocycles. The third-order valence-electron chi connectivity index (χ3n) is 8.79. The van der Waals surface area contributed by atoms with Crippen molar-refractivity contribution >= 4 is 73.7 Å². The summed E-state index contributed by atoms with van der Waals surface area (Å²) in [6, 6.07) is 16.3. The molecule has 0 saturated carbocycles. The van der Waals surface area contributed by atoms with Gasteiger partial charge in [-0.1, -0.05) is 64.9 Å². The summed E-state index contributed by atoms with van der Waals surface area (Å²) in [5, 5.41) is 7.45. The number of thiazole rings is 1. The minimum absolute atomic E-state index is 0.0980. The lowest BCUT2D eigenvalue weighted by Gasteiger charge is -2.47. The molecule has 3 N–H and O–H groups in total. The number of nitrogens with zero attached hydrogens (tertiary/aromatic N) is 5. The maximum Gasteiger partial charge on any atom is 0.343 e. The van der Waals surface area contributed by atoms with Crippen LogP contribution in [0.3, 0.4) is 0 Å². The number of benzene rings is 3. The van der Waals surface area contributed by atoms with Crippen LogP contribution in [0.25, 0.3) is 10.2 Å². The second-order valence-electron chi connectivity index (χ2n) is 12.5. The normalized spacial score (nSPS) is 17.6. The van der Waals surface area contributed by atoms with Gasteiger partial charge in [0.05, 0.1) is 40.5 Å². The molecule has 2 atom stereocenters. The summed E-state index contributed by atoms with van der Waals surface area (Å²) < 4.78 is 11.0. The quantitative estimate of drug-likeness (QED) is 0.208. The number of ether oxygens (including phenoxy) is 2. The monoisotopic (exact) mass is 753 g/mol. The Morgan fingerprint density at radius 1 is 1.08 bits per heavy atom. The van der Waals surface area contributed by atoms with Crippen LogP contribution in [0.15, 0.2) is 60.7 Å². The number of para-hydroxylation sites is 1. The minimum atomic E-state index is -0.865. The Hall–Kier alpha value is -4.63. The lowest BCUT2D eigenvalue weighted by atomic mass is 9.99. The van der Waals surface area contributed by atoms with E-state index in [1.807, 2.05) is 32.0 Å². The predicted octanol–water partition coefficient (Wildman–Crippen LogP) is 4.70. The molecule has 6 rings (SSSR count). The number of nitrogens with one attached hydrogen (secondary N) is 1. The predicted molar refractivity (Wildman–Crippen MR) is 194 cm³/mol. The highest BCUT2D eigenvalue weighted by Gasteiger charge is 2.52. The Bertz CT molecular complexity index is 1960. The van der Waals surface area contributed by atoms with Crippen molar-refractivity contribution in [1.29, 1.82) is 0 Å². The number of aromatic nitrogens is 1. The Balaban J connectivity index is 1.29. The molecular weight excluding hydrogens is 717 g/mol. The van der Waals surface area contributed by atoms with E-state index in [2.05, 4.69) is 15.0 Å². The van der Waals surface area contributed by atoms with Gasteiger partial charge in [-0.2, -0.15) is 5.01 Å². The molecule has 13 nitrogen and oxygen atoms in total. The zero-order valence-electron chi connectivity index (χ0n) is 28.2. The fourth-order valence-corrected chi connectivity index (χ4v) is 7.53. The molecule has 0 spiro atoms. The second kappa shape index (κ2) is 15.3. The number of fused-ring (bicyclic) bond motifs is 2. The van der Waals surface area contributed by atoms with Gasteiger partial charge in [0.2, 0.25) is 11.8 Å². The van der Waals surface area contributed by atoms with Gasteiger partial charge in [-0.05, 0) is 60.9 Å². The zero-order valence-corrected chi connectivity index (χ0v) is 30.5. The van der Waals surface area contributed by atoms with Gasteiger partial charge in [0.1, 0.15) is 18.0 Å². The summed E-state index contributed by atoms with van der Waals surface area (Å²) in [6.45, 7) is 3.96. The van der Waals surface area contributed by atoms with Crippen LogP contribution in [0.4, 0.5) is 9.93 Å². The highest BCUT2D eigenvalue weighted by molar-refractivity contribution is 7.22. The Morgan fingerprint density at radius 2 is 1.82 bits per heavy atom. The first-order chi connectivity index (χ1) is 24.4. The van der Waals surface area contributed by atoms with Gasteiger partial charge in [-0.25, -0.2) is 14.6 Å². The molecule has 4 amide bonds. The second-order valence-corrected chi connectivity index (χ2v) is 14.4. The lowest BCUT2D eigenvalue weighted by molar-refractivity contribution is -0.158. The maximum absolute atomic E-state index is 14.4. The molecule has 268 valence electrons. The van der Waals surface area contributed by atoms with Crippen molar-refractivity contribution in [1.82, 2.24) is 30.1 Å². The van der Waals surface area contributed by atoms with Crippen molar-refractivity contribution in [3.05, 3.63) is 87.4 Å². The number of hydrogen-bond acceptors (Lipinski definition) is 10. The number of nitrogens with two attached hydrogens (primary N) is 1. The number of anilines is 1. The van der Waals surface area contributed by atoms with Crippen LogP contribution in [0, 0.1) is 0 Å². The highest BCUT2D eigenvalue weighted by Crippen LogP contribution is 2.33. The number of carbonyl (C=O) groups is 4. The average Bonchev–Trinajstić information content (AvgIpc) is 3.65. The van der Waals surface area contributed by atoms with Crippen LogP contribution in [-0.4, -0.2) is 93.7 Å². The molecule has 51 heavy (non-hydrogen) atoms. The number of hydrogen-bond donors (Lipinski definition) is 2. The molecule has 0 unspecified atom stereocenters. The Kier molecular flexibility index (Phi) is 10.9.